The van der Waals surface area contributed by atoms with Gasteiger partial charge >= 0.3 is 0 Å². The lowest BCUT2D eigenvalue weighted by atomic mass is 10.1. The molecule has 0 amide bonds. The van der Waals surface area contributed by atoms with E-state index >= 15 is 0 Å². The van der Waals surface area contributed by atoms with Crippen molar-refractivity contribution in [1.82, 2.24) is 20.4 Å². The van der Waals surface area contributed by atoms with Crippen molar-refractivity contribution in [2.75, 3.05) is 66.5 Å². The standard InChI is InChI=1S/C22H39N5O/c1-5-23-22(24-11-6-14-27-15-7-13-26(3)16-17-27)25-12-10-20-9-8-19(2)21(18-20)28-4/h8-9,18H,5-7,10-17H2,1-4H3,(H2,23,24,25). The van der Waals surface area contributed by atoms with Crippen molar-refractivity contribution in [2.24, 2.45) is 4.99 Å². The van der Waals surface area contributed by atoms with Gasteiger partial charge in [0.05, 0.1) is 7.11 Å². The number of rotatable bonds is 9. The van der Waals surface area contributed by atoms with Gasteiger partial charge in [-0.3, -0.25) is 4.99 Å². The minimum Gasteiger partial charge on any atom is -0.496 e. The summed E-state index contributed by atoms with van der Waals surface area (Å²) in [6.07, 6.45) is 3.32. The molecular weight excluding hydrogens is 350 g/mol. The number of ether oxygens (including phenoxy) is 1. The number of nitrogens with one attached hydrogen (secondary N) is 2. The van der Waals surface area contributed by atoms with Gasteiger partial charge in [0.25, 0.3) is 0 Å². The third-order valence-corrected chi connectivity index (χ3v) is 5.24. The number of hydrogen-bond acceptors (Lipinski definition) is 4. The zero-order valence-corrected chi connectivity index (χ0v) is 18.3. The molecule has 1 aliphatic rings. The quantitative estimate of drug-likeness (QED) is 0.385. The van der Waals surface area contributed by atoms with Crippen molar-refractivity contribution in [3.8, 4) is 5.75 Å². The molecule has 28 heavy (non-hydrogen) atoms. The highest BCUT2D eigenvalue weighted by Crippen LogP contribution is 2.18. The summed E-state index contributed by atoms with van der Waals surface area (Å²) in [7, 11) is 3.94. The molecule has 1 aliphatic heterocycles. The minimum atomic E-state index is 0.858. The van der Waals surface area contributed by atoms with Gasteiger partial charge in [-0.05, 0) is 77.0 Å². The van der Waals surface area contributed by atoms with Crippen LogP contribution in [0.3, 0.4) is 0 Å². The van der Waals surface area contributed by atoms with Crippen molar-refractivity contribution in [3.05, 3.63) is 29.3 Å². The number of benzene rings is 1. The molecule has 0 radical (unpaired) electrons. The molecule has 1 heterocycles. The number of hydrogen-bond donors (Lipinski definition) is 2. The molecule has 2 rings (SSSR count). The van der Waals surface area contributed by atoms with Crippen molar-refractivity contribution >= 4 is 5.96 Å². The first-order chi connectivity index (χ1) is 13.6. The van der Waals surface area contributed by atoms with Crippen LogP contribution in [-0.2, 0) is 6.42 Å². The summed E-state index contributed by atoms with van der Waals surface area (Å²) in [4.78, 5) is 9.75. The monoisotopic (exact) mass is 389 g/mol. The van der Waals surface area contributed by atoms with Crippen LogP contribution in [0.1, 0.15) is 30.9 Å². The molecule has 158 valence electrons. The van der Waals surface area contributed by atoms with Crippen LogP contribution in [-0.4, -0.2) is 82.3 Å². The van der Waals surface area contributed by atoms with E-state index in [-0.39, 0.29) is 0 Å². The first kappa shape index (κ1) is 22.5. The van der Waals surface area contributed by atoms with Crippen LogP contribution in [0.15, 0.2) is 23.2 Å². The normalized spacial score (nSPS) is 16.6. The fraction of sp³-hybridized carbons (Fsp3) is 0.682. The lowest BCUT2D eigenvalue weighted by molar-refractivity contribution is 0.275. The Morgan fingerprint density at radius 3 is 2.82 bits per heavy atom. The molecule has 0 aromatic heterocycles. The van der Waals surface area contributed by atoms with E-state index in [0.717, 1.165) is 50.7 Å². The predicted octanol–water partition coefficient (Wildman–Crippen LogP) is 2.13. The van der Waals surface area contributed by atoms with E-state index < -0.39 is 0 Å². The highest BCUT2D eigenvalue weighted by molar-refractivity contribution is 5.79. The Morgan fingerprint density at radius 2 is 2.04 bits per heavy atom. The molecular formula is C22H39N5O. The van der Waals surface area contributed by atoms with Gasteiger partial charge in [0, 0.05) is 32.7 Å². The number of nitrogens with zero attached hydrogens (tertiary/aromatic N) is 3. The maximum absolute atomic E-state index is 5.42. The largest absolute Gasteiger partial charge is 0.496 e. The van der Waals surface area contributed by atoms with E-state index in [9.17, 15) is 0 Å². The summed E-state index contributed by atoms with van der Waals surface area (Å²) < 4.78 is 5.42. The Bertz CT molecular complexity index is 605. The summed E-state index contributed by atoms with van der Waals surface area (Å²) in [5.41, 5.74) is 2.45. The average Bonchev–Trinajstić information content (AvgIpc) is 2.90. The van der Waals surface area contributed by atoms with E-state index in [1.165, 1.54) is 43.7 Å². The van der Waals surface area contributed by atoms with Gasteiger partial charge in [-0.25, -0.2) is 0 Å². The number of methoxy groups -OCH3 is 1. The van der Waals surface area contributed by atoms with Crippen molar-refractivity contribution in [1.29, 1.82) is 0 Å². The van der Waals surface area contributed by atoms with Gasteiger partial charge in [0.1, 0.15) is 5.75 Å². The summed E-state index contributed by atoms with van der Waals surface area (Å²) in [5.74, 6) is 1.87. The van der Waals surface area contributed by atoms with E-state index in [2.05, 4.69) is 59.5 Å². The van der Waals surface area contributed by atoms with E-state index in [0.29, 0.717) is 0 Å². The zero-order chi connectivity index (χ0) is 20.2. The molecule has 0 bridgehead atoms. The van der Waals surface area contributed by atoms with Gasteiger partial charge in [-0.1, -0.05) is 12.1 Å². The zero-order valence-electron chi connectivity index (χ0n) is 18.3. The highest BCUT2D eigenvalue weighted by atomic mass is 16.5. The molecule has 1 aromatic carbocycles. The molecule has 1 saturated heterocycles. The van der Waals surface area contributed by atoms with Gasteiger partial charge in [0.15, 0.2) is 5.96 Å². The molecule has 6 nitrogen and oxygen atoms in total. The Labute approximate surface area is 171 Å². The van der Waals surface area contributed by atoms with Crippen LogP contribution in [0.25, 0.3) is 0 Å². The number of aryl methyl sites for hydroxylation is 1. The van der Waals surface area contributed by atoms with Gasteiger partial charge in [0.2, 0.25) is 0 Å². The van der Waals surface area contributed by atoms with Crippen LogP contribution in [0, 0.1) is 6.92 Å². The van der Waals surface area contributed by atoms with Gasteiger partial charge in [-0.2, -0.15) is 0 Å². The third kappa shape index (κ3) is 8.07. The topological polar surface area (TPSA) is 52.1 Å². The predicted molar refractivity (Wildman–Crippen MR) is 119 cm³/mol. The third-order valence-electron chi connectivity index (χ3n) is 5.24. The van der Waals surface area contributed by atoms with E-state index in [1.807, 2.05) is 0 Å². The number of guanidine groups is 1. The molecule has 0 spiro atoms. The Morgan fingerprint density at radius 1 is 1.18 bits per heavy atom. The Hall–Kier alpha value is -1.79. The molecule has 0 unspecified atom stereocenters. The first-order valence-corrected chi connectivity index (χ1v) is 10.7. The highest BCUT2D eigenvalue weighted by Gasteiger charge is 2.11. The summed E-state index contributed by atoms with van der Waals surface area (Å²) in [6.45, 7) is 12.7. The summed E-state index contributed by atoms with van der Waals surface area (Å²) in [6, 6.07) is 6.41. The van der Waals surface area contributed by atoms with Crippen LogP contribution < -0.4 is 15.4 Å². The molecule has 1 fully saturated rings. The SMILES string of the molecule is CCNC(=NCCCN1CCCN(C)CC1)NCCc1ccc(C)c(OC)c1. The van der Waals surface area contributed by atoms with Crippen molar-refractivity contribution < 1.29 is 4.74 Å². The van der Waals surface area contributed by atoms with Gasteiger partial charge < -0.3 is 25.2 Å². The summed E-state index contributed by atoms with van der Waals surface area (Å²) >= 11 is 0. The molecule has 0 atom stereocenters. The van der Waals surface area contributed by atoms with Crippen molar-refractivity contribution in [3.63, 3.8) is 0 Å². The molecule has 2 N–H and O–H groups in total. The van der Waals surface area contributed by atoms with Gasteiger partial charge in [-0.15, -0.1) is 0 Å². The lowest BCUT2D eigenvalue weighted by Gasteiger charge is -2.19. The number of likely N-dealkylation sites (N-methyl/N-ethyl adjacent to an activating group) is 1. The van der Waals surface area contributed by atoms with Crippen LogP contribution in [0.2, 0.25) is 0 Å². The summed E-state index contributed by atoms with van der Waals surface area (Å²) in [5, 5.41) is 6.80. The first-order valence-electron chi connectivity index (χ1n) is 10.7. The second-order valence-corrected chi connectivity index (χ2v) is 7.59. The van der Waals surface area contributed by atoms with Crippen molar-refractivity contribution in [2.45, 2.75) is 33.1 Å². The smallest absolute Gasteiger partial charge is 0.191 e. The molecule has 0 saturated carbocycles. The minimum absolute atomic E-state index is 0.858. The Balaban J connectivity index is 1.72. The van der Waals surface area contributed by atoms with Crippen LogP contribution in [0.5, 0.6) is 5.75 Å². The lowest BCUT2D eigenvalue weighted by Crippen LogP contribution is -2.38. The fourth-order valence-corrected chi connectivity index (χ4v) is 3.50. The maximum Gasteiger partial charge on any atom is 0.191 e. The molecule has 1 aromatic rings. The molecule has 6 heteroatoms. The second-order valence-electron chi connectivity index (χ2n) is 7.59. The van der Waals surface area contributed by atoms with Crippen LogP contribution >= 0.6 is 0 Å². The van der Waals surface area contributed by atoms with E-state index in [1.54, 1.807) is 7.11 Å². The maximum atomic E-state index is 5.42. The molecule has 0 aliphatic carbocycles. The Kier molecular flexibility index (Phi) is 10.1. The average molecular weight is 390 g/mol. The second kappa shape index (κ2) is 12.6. The van der Waals surface area contributed by atoms with E-state index in [4.69, 9.17) is 9.73 Å². The fourth-order valence-electron chi connectivity index (χ4n) is 3.50. The van der Waals surface area contributed by atoms with Crippen LogP contribution in [0.4, 0.5) is 0 Å². The number of aliphatic imine (C=N–C) groups is 1.